The molecule has 1 amide bonds. The maximum atomic E-state index is 13.9. The Hall–Kier alpha value is -2.87. The van der Waals surface area contributed by atoms with Crippen molar-refractivity contribution in [2.24, 2.45) is 5.92 Å². The highest BCUT2D eigenvalue weighted by molar-refractivity contribution is 5.86. The topological polar surface area (TPSA) is 72.6 Å². The highest BCUT2D eigenvalue weighted by Gasteiger charge is 2.38. The normalized spacial score (nSPS) is 18.5. The van der Waals surface area contributed by atoms with Crippen LogP contribution in [-0.4, -0.2) is 17.9 Å². The summed E-state index contributed by atoms with van der Waals surface area (Å²) in [4.78, 5) is 12.3. The minimum absolute atomic E-state index is 0. The molecule has 1 aliphatic rings. The lowest BCUT2D eigenvalue weighted by Crippen LogP contribution is -2.24. The van der Waals surface area contributed by atoms with Crippen molar-refractivity contribution in [3.8, 4) is 0 Å². The zero-order chi connectivity index (χ0) is 18.9. The molecular weight excluding hydrogens is 376 g/mol. The van der Waals surface area contributed by atoms with Gasteiger partial charge in [-0.3, -0.25) is 9.50 Å². The van der Waals surface area contributed by atoms with Gasteiger partial charge in [-0.25, -0.2) is 13.2 Å². The molecule has 2 aromatic carbocycles. The van der Waals surface area contributed by atoms with Crippen molar-refractivity contribution >= 4 is 11.6 Å². The highest BCUT2D eigenvalue weighted by Crippen LogP contribution is 2.36. The number of alkyl halides is 2. The summed E-state index contributed by atoms with van der Waals surface area (Å²) in [6, 6.07) is 12.1. The molecule has 2 atom stereocenters. The standard InChI is InChI=1S/C20H19F3N2O.FH.H2O.2H2/c1-12(25-17-9-4-3-8-16(17)21)18-15(11-24-19(18)26)13-6-5-7-14(10-13)20(2,22)23;;;;/h3-10,15,18,25H,1,11H2,2H3,(H,24,26);1H;1H2;2*1H. The second-order valence-electron chi connectivity index (χ2n) is 6.47. The van der Waals surface area contributed by atoms with Crippen molar-refractivity contribution < 1.29 is 31.0 Å². The van der Waals surface area contributed by atoms with Crippen molar-refractivity contribution in [3.05, 3.63) is 77.8 Å². The zero-order valence-electron chi connectivity index (χ0n) is 15.1. The second kappa shape index (κ2) is 8.88. The van der Waals surface area contributed by atoms with Crippen LogP contribution in [0.25, 0.3) is 0 Å². The molecule has 4 nitrogen and oxygen atoms in total. The first-order valence-corrected chi connectivity index (χ1v) is 8.23. The van der Waals surface area contributed by atoms with Gasteiger partial charge in [0.1, 0.15) is 5.82 Å². The molecule has 0 aliphatic carbocycles. The molecule has 2 aromatic rings. The predicted molar refractivity (Wildman–Crippen MR) is 105 cm³/mol. The van der Waals surface area contributed by atoms with E-state index < -0.39 is 17.7 Å². The molecule has 1 saturated heterocycles. The SMILES string of the molecule is C=C(Nc1ccccc1F)C1C(=O)NCC1c1cccc(C(C)(F)F)c1.F.O.[HH].[HH]. The molecule has 1 heterocycles. The number of para-hydroxylation sites is 1. The summed E-state index contributed by atoms with van der Waals surface area (Å²) in [5.41, 5.74) is 1.04. The number of carbonyl (C=O) groups excluding carboxylic acids is 1. The third-order valence-electron chi connectivity index (χ3n) is 4.55. The van der Waals surface area contributed by atoms with E-state index in [1.165, 1.54) is 18.2 Å². The van der Waals surface area contributed by atoms with E-state index in [1.54, 1.807) is 30.3 Å². The van der Waals surface area contributed by atoms with Crippen LogP contribution in [0.4, 0.5) is 23.6 Å². The lowest BCUT2D eigenvalue weighted by Gasteiger charge is -2.22. The molecule has 0 saturated carbocycles. The van der Waals surface area contributed by atoms with Crippen LogP contribution in [0.3, 0.4) is 0 Å². The van der Waals surface area contributed by atoms with Crippen LogP contribution in [-0.2, 0) is 10.7 Å². The quantitative estimate of drug-likeness (QED) is 0.736. The summed E-state index contributed by atoms with van der Waals surface area (Å²) in [6.45, 7) is 5.02. The summed E-state index contributed by atoms with van der Waals surface area (Å²) < 4.78 is 41.1. The minimum atomic E-state index is -2.97. The average Bonchev–Trinajstić information content (AvgIpc) is 2.98. The minimum Gasteiger partial charge on any atom is -0.412 e. The lowest BCUT2D eigenvalue weighted by molar-refractivity contribution is -0.121. The Morgan fingerprint density at radius 3 is 2.57 bits per heavy atom. The van der Waals surface area contributed by atoms with E-state index >= 15 is 0 Å². The fourth-order valence-corrected chi connectivity index (χ4v) is 3.19. The maximum Gasteiger partial charge on any atom is 0.270 e. The summed E-state index contributed by atoms with van der Waals surface area (Å²) in [6.07, 6.45) is 0. The molecule has 0 spiro atoms. The number of amides is 1. The van der Waals surface area contributed by atoms with Crippen LogP contribution in [0.5, 0.6) is 0 Å². The van der Waals surface area contributed by atoms with Crippen LogP contribution in [0.1, 0.15) is 26.8 Å². The van der Waals surface area contributed by atoms with Gasteiger partial charge >= 0.3 is 0 Å². The first-order chi connectivity index (χ1) is 12.3. The van der Waals surface area contributed by atoms with Crippen LogP contribution in [0.15, 0.2) is 60.8 Å². The zero-order valence-corrected chi connectivity index (χ0v) is 15.1. The van der Waals surface area contributed by atoms with Crippen molar-refractivity contribution in [3.63, 3.8) is 0 Å². The Kier molecular flexibility index (Phi) is 7.35. The molecule has 2 unspecified atom stereocenters. The summed E-state index contributed by atoms with van der Waals surface area (Å²) in [5.74, 6) is -4.75. The third kappa shape index (κ3) is 4.69. The van der Waals surface area contributed by atoms with E-state index in [4.69, 9.17) is 0 Å². The first kappa shape index (κ1) is 23.2. The van der Waals surface area contributed by atoms with Gasteiger partial charge in [0.25, 0.3) is 5.92 Å². The second-order valence-corrected chi connectivity index (χ2v) is 6.47. The van der Waals surface area contributed by atoms with E-state index in [0.717, 1.165) is 6.92 Å². The van der Waals surface area contributed by atoms with Gasteiger partial charge < -0.3 is 16.1 Å². The Bertz CT molecular complexity index is 863. The first-order valence-electron chi connectivity index (χ1n) is 8.23. The molecule has 1 fully saturated rings. The molecular formula is C20H26F4N2O2. The smallest absolute Gasteiger partial charge is 0.270 e. The van der Waals surface area contributed by atoms with Crippen LogP contribution in [0, 0.1) is 11.7 Å². The fourth-order valence-electron chi connectivity index (χ4n) is 3.19. The predicted octanol–water partition coefficient (Wildman–Crippen LogP) is 4.21. The van der Waals surface area contributed by atoms with Crippen molar-refractivity contribution in [1.82, 2.24) is 5.32 Å². The van der Waals surface area contributed by atoms with Crippen molar-refractivity contribution in [2.45, 2.75) is 18.8 Å². The number of rotatable bonds is 5. The number of hydrogen-bond acceptors (Lipinski definition) is 2. The van der Waals surface area contributed by atoms with Gasteiger partial charge in [0.2, 0.25) is 5.91 Å². The largest absolute Gasteiger partial charge is 0.412 e. The molecule has 28 heavy (non-hydrogen) atoms. The Balaban J connectivity index is 0. The van der Waals surface area contributed by atoms with Gasteiger partial charge in [0.05, 0.1) is 11.6 Å². The van der Waals surface area contributed by atoms with Crippen LogP contribution >= 0.6 is 0 Å². The summed E-state index contributed by atoms with van der Waals surface area (Å²) in [7, 11) is 0. The van der Waals surface area contributed by atoms with Gasteiger partial charge in [-0.05, 0) is 23.8 Å². The molecule has 1 aliphatic heterocycles. The van der Waals surface area contributed by atoms with E-state index in [1.807, 2.05) is 0 Å². The Morgan fingerprint density at radius 1 is 1.25 bits per heavy atom. The molecule has 3 rings (SSSR count). The van der Waals surface area contributed by atoms with Gasteiger partial charge in [0, 0.05) is 33.5 Å². The number of anilines is 1. The third-order valence-corrected chi connectivity index (χ3v) is 4.55. The summed E-state index contributed by atoms with van der Waals surface area (Å²) >= 11 is 0. The number of carbonyl (C=O) groups is 1. The van der Waals surface area contributed by atoms with Crippen molar-refractivity contribution in [1.29, 1.82) is 0 Å². The van der Waals surface area contributed by atoms with Gasteiger partial charge in [-0.15, -0.1) is 0 Å². The number of hydrogen-bond donors (Lipinski definition) is 2. The van der Waals surface area contributed by atoms with Gasteiger partial charge in [0.15, 0.2) is 0 Å². The summed E-state index contributed by atoms with van der Waals surface area (Å²) in [5, 5.41) is 5.59. The highest BCUT2D eigenvalue weighted by atomic mass is 19.3. The number of benzene rings is 2. The number of halogens is 4. The van der Waals surface area contributed by atoms with Crippen LogP contribution < -0.4 is 10.6 Å². The van der Waals surface area contributed by atoms with Crippen LogP contribution in [0.2, 0.25) is 0 Å². The molecule has 0 radical (unpaired) electrons. The molecule has 0 bridgehead atoms. The number of nitrogens with one attached hydrogen (secondary N) is 2. The van der Waals surface area contributed by atoms with Gasteiger partial charge in [-0.2, -0.15) is 0 Å². The van der Waals surface area contributed by atoms with E-state index in [0.29, 0.717) is 17.8 Å². The van der Waals surface area contributed by atoms with E-state index in [2.05, 4.69) is 17.2 Å². The Labute approximate surface area is 163 Å². The fraction of sp³-hybridized carbons (Fsp3) is 0.250. The maximum absolute atomic E-state index is 13.9. The average molecular weight is 402 g/mol. The molecule has 156 valence electrons. The Morgan fingerprint density at radius 2 is 1.93 bits per heavy atom. The lowest BCUT2D eigenvalue weighted by atomic mass is 9.85. The molecule has 8 heteroatoms. The molecule has 4 N–H and O–H groups in total. The molecule has 0 aromatic heterocycles. The van der Waals surface area contributed by atoms with Gasteiger partial charge in [-0.1, -0.05) is 36.9 Å². The van der Waals surface area contributed by atoms with E-state index in [9.17, 15) is 18.0 Å². The van der Waals surface area contributed by atoms with Crippen molar-refractivity contribution in [2.75, 3.05) is 11.9 Å². The monoisotopic (exact) mass is 402 g/mol. The van der Waals surface area contributed by atoms with E-state index in [-0.39, 0.29) is 36.1 Å².